The zero-order valence-electron chi connectivity index (χ0n) is 10.4. The third kappa shape index (κ3) is 2.73. The Labute approximate surface area is 115 Å². The van der Waals surface area contributed by atoms with Crippen LogP contribution in [0.4, 0.5) is 11.4 Å². The van der Waals surface area contributed by atoms with Crippen LogP contribution in [0, 0.1) is 0 Å². The van der Waals surface area contributed by atoms with Crippen LogP contribution < -0.4 is 10.2 Å². The molecule has 0 saturated carbocycles. The second-order valence-electron chi connectivity index (χ2n) is 4.45. The minimum absolute atomic E-state index is 0.217. The molecule has 3 rings (SSSR count). The van der Waals surface area contributed by atoms with Crippen LogP contribution in [0.5, 0.6) is 0 Å². The lowest BCUT2D eigenvalue weighted by atomic mass is 10.2. The Morgan fingerprint density at radius 1 is 1.32 bits per heavy atom. The molecular weight excluding hydrogens is 260 g/mol. The third-order valence-electron chi connectivity index (χ3n) is 3.13. The number of rotatable bonds is 4. The minimum Gasteiger partial charge on any atom is -0.379 e. The Morgan fingerprint density at radius 2 is 2.16 bits per heavy atom. The molecule has 98 valence electrons. The molecule has 1 fully saturated rings. The van der Waals surface area contributed by atoms with Gasteiger partial charge in [-0.3, -0.25) is 4.79 Å². The molecule has 0 atom stereocenters. The van der Waals surface area contributed by atoms with Crippen molar-refractivity contribution in [1.82, 2.24) is 9.59 Å². The van der Waals surface area contributed by atoms with Gasteiger partial charge in [0.2, 0.25) is 5.91 Å². The SMILES string of the molecule is O=C1CCCN1c1ccc(NCc2csnn2)cc1. The number of anilines is 2. The minimum atomic E-state index is 0.217. The van der Waals surface area contributed by atoms with Gasteiger partial charge in [0.1, 0.15) is 0 Å². The fourth-order valence-corrected chi connectivity index (χ4v) is 2.59. The molecule has 5 nitrogen and oxygen atoms in total. The maximum Gasteiger partial charge on any atom is 0.227 e. The standard InChI is InChI=1S/C13H14N4OS/c18-13-2-1-7-17(13)12-5-3-10(4-6-12)14-8-11-9-19-16-15-11/h3-6,9,14H,1-2,7-8H2. The van der Waals surface area contributed by atoms with E-state index in [1.54, 1.807) is 0 Å². The predicted molar refractivity (Wildman–Crippen MR) is 75.3 cm³/mol. The molecule has 0 radical (unpaired) electrons. The Morgan fingerprint density at radius 3 is 2.79 bits per heavy atom. The lowest BCUT2D eigenvalue weighted by Crippen LogP contribution is -2.23. The van der Waals surface area contributed by atoms with E-state index in [0.717, 1.165) is 30.0 Å². The number of hydrogen-bond donors (Lipinski definition) is 1. The first-order valence-electron chi connectivity index (χ1n) is 6.23. The first kappa shape index (κ1) is 12.1. The maximum atomic E-state index is 11.6. The van der Waals surface area contributed by atoms with Crippen LogP contribution in [0.15, 0.2) is 29.6 Å². The molecule has 2 heterocycles. The molecule has 1 aromatic carbocycles. The van der Waals surface area contributed by atoms with Gasteiger partial charge in [0.15, 0.2) is 0 Å². The van der Waals surface area contributed by atoms with Crippen molar-refractivity contribution in [2.75, 3.05) is 16.8 Å². The molecule has 1 amide bonds. The highest BCUT2D eigenvalue weighted by molar-refractivity contribution is 7.03. The van der Waals surface area contributed by atoms with Gasteiger partial charge in [0.25, 0.3) is 0 Å². The van der Waals surface area contributed by atoms with E-state index < -0.39 is 0 Å². The molecule has 1 N–H and O–H groups in total. The molecule has 0 unspecified atom stereocenters. The number of nitrogens with zero attached hydrogens (tertiary/aromatic N) is 3. The molecule has 1 aliphatic heterocycles. The van der Waals surface area contributed by atoms with Crippen LogP contribution in [-0.4, -0.2) is 22.0 Å². The smallest absolute Gasteiger partial charge is 0.227 e. The van der Waals surface area contributed by atoms with E-state index >= 15 is 0 Å². The van der Waals surface area contributed by atoms with Crippen molar-refractivity contribution in [3.8, 4) is 0 Å². The molecule has 6 heteroatoms. The Bertz CT molecular complexity index is 553. The van der Waals surface area contributed by atoms with Crippen molar-refractivity contribution in [3.05, 3.63) is 35.3 Å². The highest BCUT2D eigenvalue weighted by Gasteiger charge is 2.21. The summed E-state index contributed by atoms with van der Waals surface area (Å²) in [4.78, 5) is 13.5. The van der Waals surface area contributed by atoms with Crippen molar-refractivity contribution in [2.24, 2.45) is 0 Å². The fourth-order valence-electron chi connectivity index (χ4n) is 2.13. The number of amides is 1. The third-order valence-corrected chi connectivity index (χ3v) is 3.68. The summed E-state index contributed by atoms with van der Waals surface area (Å²) < 4.78 is 3.82. The van der Waals surface area contributed by atoms with Crippen LogP contribution in [0.1, 0.15) is 18.5 Å². The number of benzene rings is 1. The largest absolute Gasteiger partial charge is 0.379 e. The Hall–Kier alpha value is -1.95. The summed E-state index contributed by atoms with van der Waals surface area (Å²) >= 11 is 1.35. The molecule has 1 saturated heterocycles. The van der Waals surface area contributed by atoms with Crippen molar-refractivity contribution in [2.45, 2.75) is 19.4 Å². The first-order valence-corrected chi connectivity index (χ1v) is 7.07. The summed E-state index contributed by atoms with van der Waals surface area (Å²) in [6.45, 7) is 1.49. The fraction of sp³-hybridized carbons (Fsp3) is 0.308. The van der Waals surface area contributed by atoms with Crippen molar-refractivity contribution >= 4 is 28.8 Å². The van der Waals surface area contributed by atoms with Crippen molar-refractivity contribution < 1.29 is 4.79 Å². The Kier molecular flexibility index (Phi) is 3.41. The second-order valence-corrected chi connectivity index (χ2v) is 5.06. The van der Waals surface area contributed by atoms with E-state index in [-0.39, 0.29) is 5.91 Å². The summed E-state index contributed by atoms with van der Waals surface area (Å²) in [7, 11) is 0. The quantitative estimate of drug-likeness (QED) is 0.929. The molecule has 19 heavy (non-hydrogen) atoms. The summed E-state index contributed by atoms with van der Waals surface area (Å²) in [5.74, 6) is 0.217. The normalized spacial score (nSPS) is 14.9. The number of carbonyl (C=O) groups excluding carboxylic acids is 1. The molecule has 0 bridgehead atoms. The summed E-state index contributed by atoms with van der Waals surface area (Å²) in [6.07, 6.45) is 1.62. The van der Waals surface area contributed by atoms with Crippen LogP contribution in [0.2, 0.25) is 0 Å². The lowest BCUT2D eigenvalue weighted by Gasteiger charge is -2.16. The van der Waals surface area contributed by atoms with Crippen LogP contribution in [0.3, 0.4) is 0 Å². The summed E-state index contributed by atoms with van der Waals surface area (Å²) in [6, 6.07) is 7.93. The van der Waals surface area contributed by atoms with Gasteiger partial charge in [-0.25, -0.2) is 0 Å². The summed E-state index contributed by atoms with van der Waals surface area (Å²) in [5, 5.41) is 9.17. The highest BCUT2D eigenvalue weighted by Crippen LogP contribution is 2.23. The van der Waals surface area contributed by atoms with E-state index in [4.69, 9.17) is 0 Å². The van der Waals surface area contributed by atoms with E-state index in [0.29, 0.717) is 13.0 Å². The number of nitrogens with one attached hydrogen (secondary N) is 1. The van der Waals surface area contributed by atoms with Crippen LogP contribution >= 0.6 is 11.5 Å². The topological polar surface area (TPSA) is 58.1 Å². The van der Waals surface area contributed by atoms with E-state index in [1.807, 2.05) is 34.5 Å². The molecule has 1 aliphatic rings. The van der Waals surface area contributed by atoms with E-state index in [2.05, 4.69) is 14.9 Å². The van der Waals surface area contributed by atoms with Gasteiger partial charge in [-0.05, 0) is 42.2 Å². The van der Waals surface area contributed by atoms with Crippen LogP contribution in [-0.2, 0) is 11.3 Å². The van der Waals surface area contributed by atoms with Gasteiger partial charge in [-0.2, -0.15) is 0 Å². The molecule has 1 aromatic heterocycles. The van der Waals surface area contributed by atoms with Gasteiger partial charge in [-0.15, -0.1) is 5.10 Å². The number of hydrogen-bond acceptors (Lipinski definition) is 5. The molecule has 0 aliphatic carbocycles. The van der Waals surface area contributed by atoms with Gasteiger partial charge in [0.05, 0.1) is 12.2 Å². The lowest BCUT2D eigenvalue weighted by molar-refractivity contribution is -0.117. The van der Waals surface area contributed by atoms with Gasteiger partial charge >= 0.3 is 0 Å². The zero-order chi connectivity index (χ0) is 13.1. The molecule has 0 spiro atoms. The van der Waals surface area contributed by atoms with E-state index in [9.17, 15) is 4.79 Å². The zero-order valence-corrected chi connectivity index (χ0v) is 11.2. The average Bonchev–Trinajstić information content (AvgIpc) is 3.08. The molecular formula is C13H14N4OS. The molecule has 2 aromatic rings. The average molecular weight is 274 g/mol. The Balaban J connectivity index is 1.64. The second kappa shape index (κ2) is 5.36. The number of aromatic nitrogens is 2. The maximum absolute atomic E-state index is 11.6. The van der Waals surface area contributed by atoms with Crippen LogP contribution in [0.25, 0.3) is 0 Å². The van der Waals surface area contributed by atoms with Gasteiger partial charge in [0, 0.05) is 29.7 Å². The monoisotopic (exact) mass is 274 g/mol. The number of carbonyl (C=O) groups is 1. The van der Waals surface area contributed by atoms with E-state index in [1.165, 1.54) is 11.5 Å². The highest BCUT2D eigenvalue weighted by atomic mass is 32.1. The van der Waals surface area contributed by atoms with Gasteiger partial charge in [-0.1, -0.05) is 4.49 Å². The first-order chi connectivity index (χ1) is 9.33. The van der Waals surface area contributed by atoms with Crippen molar-refractivity contribution in [3.63, 3.8) is 0 Å². The van der Waals surface area contributed by atoms with Gasteiger partial charge < -0.3 is 10.2 Å². The predicted octanol–water partition coefficient (Wildman–Crippen LogP) is 2.28. The summed E-state index contributed by atoms with van der Waals surface area (Å²) in [5.41, 5.74) is 2.93. The van der Waals surface area contributed by atoms with Crippen molar-refractivity contribution in [1.29, 1.82) is 0 Å².